The first-order chi connectivity index (χ1) is 12.0. The van der Waals surface area contributed by atoms with Gasteiger partial charge in [-0.15, -0.1) is 0 Å². The van der Waals surface area contributed by atoms with E-state index in [0.29, 0.717) is 25.9 Å². The fourth-order valence-corrected chi connectivity index (χ4v) is 4.22. The van der Waals surface area contributed by atoms with Gasteiger partial charge in [-0.1, -0.05) is 31.2 Å². The Balaban J connectivity index is 1.58. The Morgan fingerprint density at radius 1 is 1.24 bits per heavy atom. The number of carbonyl (C=O) groups excluding carboxylic acids is 1. The molecule has 3 rings (SSSR count). The van der Waals surface area contributed by atoms with Gasteiger partial charge in [0.1, 0.15) is 0 Å². The molecule has 2 atom stereocenters. The van der Waals surface area contributed by atoms with Crippen molar-refractivity contribution in [2.45, 2.75) is 44.8 Å². The summed E-state index contributed by atoms with van der Waals surface area (Å²) in [7, 11) is 0. The van der Waals surface area contributed by atoms with Crippen molar-refractivity contribution < 1.29 is 19.7 Å². The number of likely N-dealkylation sites (tertiary alicyclic amines) is 1. The molecule has 5 nitrogen and oxygen atoms in total. The van der Waals surface area contributed by atoms with Crippen LogP contribution in [0.1, 0.15) is 37.3 Å². The molecule has 2 heterocycles. The second kappa shape index (κ2) is 7.85. The predicted molar refractivity (Wildman–Crippen MR) is 94.9 cm³/mol. The van der Waals surface area contributed by atoms with Gasteiger partial charge in [-0.25, -0.2) is 0 Å². The van der Waals surface area contributed by atoms with E-state index in [1.165, 1.54) is 0 Å². The molecule has 1 aromatic rings. The molecule has 2 fully saturated rings. The highest BCUT2D eigenvalue weighted by molar-refractivity contribution is 5.79. The molecular formula is C20H29NO4. The van der Waals surface area contributed by atoms with Crippen LogP contribution in [0.4, 0.5) is 0 Å². The highest BCUT2D eigenvalue weighted by Crippen LogP contribution is 2.39. The van der Waals surface area contributed by atoms with Gasteiger partial charge < -0.3 is 19.8 Å². The van der Waals surface area contributed by atoms with Crippen molar-refractivity contribution in [1.82, 2.24) is 4.90 Å². The van der Waals surface area contributed by atoms with E-state index >= 15 is 0 Å². The van der Waals surface area contributed by atoms with Gasteiger partial charge in [-0.2, -0.15) is 0 Å². The minimum absolute atomic E-state index is 0.0165. The Labute approximate surface area is 149 Å². The summed E-state index contributed by atoms with van der Waals surface area (Å²) >= 11 is 0. The molecule has 0 radical (unpaired) electrons. The molecule has 0 aliphatic carbocycles. The third kappa shape index (κ3) is 4.05. The zero-order valence-electron chi connectivity index (χ0n) is 15.0. The van der Waals surface area contributed by atoms with E-state index in [1.54, 1.807) is 0 Å². The van der Waals surface area contributed by atoms with Crippen molar-refractivity contribution in [3.8, 4) is 0 Å². The average molecular weight is 347 g/mol. The second-order valence-electron chi connectivity index (χ2n) is 7.52. The van der Waals surface area contributed by atoms with Crippen LogP contribution in [-0.2, 0) is 22.6 Å². The van der Waals surface area contributed by atoms with Gasteiger partial charge in [0.25, 0.3) is 0 Å². The Hall–Kier alpha value is -1.43. The monoisotopic (exact) mass is 347 g/mol. The first kappa shape index (κ1) is 18.4. The summed E-state index contributed by atoms with van der Waals surface area (Å²) in [5, 5.41) is 20.3. The highest BCUT2D eigenvalue weighted by Gasteiger charge is 2.45. The van der Waals surface area contributed by atoms with Crippen molar-refractivity contribution in [2.24, 2.45) is 11.8 Å². The third-order valence-electron chi connectivity index (χ3n) is 5.97. The maximum atomic E-state index is 12.6. The first-order valence-corrected chi connectivity index (χ1v) is 9.29. The van der Waals surface area contributed by atoms with Crippen LogP contribution in [0, 0.1) is 11.8 Å². The maximum absolute atomic E-state index is 12.6. The van der Waals surface area contributed by atoms with Gasteiger partial charge in [-0.3, -0.25) is 4.79 Å². The van der Waals surface area contributed by atoms with E-state index in [-0.39, 0.29) is 24.3 Å². The summed E-state index contributed by atoms with van der Waals surface area (Å²) in [5.41, 5.74) is 1.13. The van der Waals surface area contributed by atoms with Crippen LogP contribution in [0.15, 0.2) is 24.3 Å². The Morgan fingerprint density at radius 3 is 2.48 bits per heavy atom. The second-order valence-corrected chi connectivity index (χ2v) is 7.52. The SMILES string of the molecule is C[C@@H]1CN(C(=O)Cc2ccc(CO)cc2)CC[C@@]1(O)C1CCOCC1. The lowest BCUT2D eigenvalue weighted by Gasteiger charge is -2.48. The summed E-state index contributed by atoms with van der Waals surface area (Å²) in [6.07, 6.45) is 2.83. The van der Waals surface area contributed by atoms with E-state index in [2.05, 4.69) is 6.92 Å². The standard InChI is InChI=1S/C20H29NO4/c1-15-13-21(9-8-20(15,24)18-6-10-25-11-7-18)19(23)12-16-2-4-17(14-22)5-3-16/h2-5,15,18,22,24H,6-14H2,1H3/t15-,20+/m1/s1. The van der Waals surface area contributed by atoms with Gasteiger partial charge in [0, 0.05) is 32.2 Å². The maximum Gasteiger partial charge on any atom is 0.227 e. The number of aliphatic hydroxyl groups excluding tert-OH is 1. The average Bonchev–Trinajstić information content (AvgIpc) is 2.65. The molecule has 5 heteroatoms. The molecule has 2 saturated heterocycles. The number of hydrogen-bond acceptors (Lipinski definition) is 4. The lowest BCUT2D eigenvalue weighted by molar-refractivity contribution is -0.150. The molecule has 0 spiro atoms. The van der Waals surface area contributed by atoms with Crippen molar-refractivity contribution in [1.29, 1.82) is 0 Å². The van der Waals surface area contributed by atoms with Gasteiger partial charge in [0.05, 0.1) is 18.6 Å². The third-order valence-corrected chi connectivity index (χ3v) is 5.97. The molecule has 0 unspecified atom stereocenters. The summed E-state index contributed by atoms with van der Waals surface area (Å²) in [4.78, 5) is 14.5. The number of rotatable bonds is 4. The summed E-state index contributed by atoms with van der Waals surface area (Å²) in [6.45, 7) is 4.76. The number of ether oxygens (including phenoxy) is 1. The number of hydrogen-bond donors (Lipinski definition) is 2. The zero-order chi connectivity index (χ0) is 17.9. The van der Waals surface area contributed by atoms with Gasteiger partial charge in [0.15, 0.2) is 0 Å². The van der Waals surface area contributed by atoms with Crippen LogP contribution >= 0.6 is 0 Å². The number of piperidine rings is 1. The van der Waals surface area contributed by atoms with E-state index in [4.69, 9.17) is 9.84 Å². The van der Waals surface area contributed by atoms with Gasteiger partial charge in [-0.05, 0) is 36.3 Å². The van der Waals surface area contributed by atoms with Crippen LogP contribution in [-0.4, -0.2) is 52.9 Å². The fraction of sp³-hybridized carbons (Fsp3) is 0.650. The molecule has 0 aromatic heterocycles. The molecule has 2 aliphatic heterocycles. The Morgan fingerprint density at radius 2 is 1.88 bits per heavy atom. The summed E-state index contributed by atoms with van der Waals surface area (Å²) in [5.74, 6) is 0.460. The molecule has 0 saturated carbocycles. The smallest absolute Gasteiger partial charge is 0.227 e. The van der Waals surface area contributed by atoms with E-state index < -0.39 is 5.60 Å². The van der Waals surface area contributed by atoms with Gasteiger partial charge >= 0.3 is 0 Å². The molecule has 0 bridgehead atoms. The van der Waals surface area contributed by atoms with Crippen molar-refractivity contribution in [3.63, 3.8) is 0 Å². The molecule has 2 N–H and O–H groups in total. The van der Waals surface area contributed by atoms with Crippen molar-refractivity contribution in [2.75, 3.05) is 26.3 Å². The molecule has 25 heavy (non-hydrogen) atoms. The molecule has 138 valence electrons. The highest BCUT2D eigenvalue weighted by atomic mass is 16.5. The lowest BCUT2D eigenvalue weighted by Crippen LogP contribution is -2.57. The van der Waals surface area contributed by atoms with Gasteiger partial charge in [0.2, 0.25) is 5.91 Å². The van der Waals surface area contributed by atoms with E-state index in [9.17, 15) is 9.90 Å². The summed E-state index contributed by atoms with van der Waals surface area (Å²) < 4.78 is 5.42. The number of nitrogens with zero attached hydrogens (tertiary/aromatic N) is 1. The first-order valence-electron chi connectivity index (χ1n) is 9.29. The molecule has 1 aromatic carbocycles. The number of amides is 1. The zero-order valence-corrected chi connectivity index (χ0v) is 15.0. The quantitative estimate of drug-likeness (QED) is 0.871. The topological polar surface area (TPSA) is 70.0 Å². The minimum atomic E-state index is -0.677. The van der Waals surface area contributed by atoms with Crippen LogP contribution in [0.3, 0.4) is 0 Å². The van der Waals surface area contributed by atoms with Crippen LogP contribution in [0.5, 0.6) is 0 Å². The van der Waals surface area contributed by atoms with Crippen molar-refractivity contribution in [3.05, 3.63) is 35.4 Å². The molecule has 2 aliphatic rings. The van der Waals surface area contributed by atoms with Crippen LogP contribution < -0.4 is 0 Å². The molecular weight excluding hydrogens is 318 g/mol. The van der Waals surface area contributed by atoms with E-state index in [0.717, 1.165) is 37.2 Å². The molecule has 1 amide bonds. The largest absolute Gasteiger partial charge is 0.392 e. The van der Waals surface area contributed by atoms with E-state index in [1.807, 2.05) is 29.2 Å². The number of carbonyl (C=O) groups is 1. The number of aliphatic hydroxyl groups is 2. The predicted octanol–water partition coefficient (Wildman–Crippen LogP) is 1.75. The lowest BCUT2D eigenvalue weighted by atomic mass is 9.70. The van der Waals surface area contributed by atoms with Crippen LogP contribution in [0.25, 0.3) is 0 Å². The van der Waals surface area contributed by atoms with Crippen molar-refractivity contribution >= 4 is 5.91 Å². The fourth-order valence-electron chi connectivity index (χ4n) is 4.22. The summed E-state index contributed by atoms with van der Waals surface area (Å²) in [6, 6.07) is 7.50. The minimum Gasteiger partial charge on any atom is -0.392 e. The Kier molecular flexibility index (Phi) is 5.77. The Bertz CT molecular complexity index is 582. The van der Waals surface area contributed by atoms with Crippen LogP contribution in [0.2, 0.25) is 0 Å². The normalized spacial score (nSPS) is 28.1. The number of benzene rings is 1.